The third-order valence-electron chi connectivity index (χ3n) is 1.94. The highest BCUT2D eigenvalue weighted by molar-refractivity contribution is 5.30. The molecule has 1 aromatic carbocycles. The molecule has 14 heavy (non-hydrogen) atoms. The van der Waals surface area contributed by atoms with Crippen LogP contribution in [0.5, 0.6) is 5.75 Å². The first kappa shape index (κ1) is 10.6. The first-order chi connectivity index (χ1) is 6.77. The van der Waals surface area contributed by atoms with Crippen molar-refractivity contribution in [3.63, 3.8) is 0 Å². The zero-order valence-electron chi connectivity index (χ0n) is 8.36. The molecule has 0 spiro atoms. The van der Waals surface area contributed by atoms with E-state index in [1.165, 1.54) is 0 Å². The number of nitrogens with two attached hydrogens (primary N) is 1. The molecule has 74 valence electrons. The molecule has 1 atom stereocenters. The summed E-state index contributed by atoms with van der Waals surface area (Å²) >= 11 is 0. The zero-order chi connectivity index (χ0) is 10.4. The van der Waals surface area contributed by atoms with Gasteiger partial charge in [-0.25, -0.2) is 0 Å². The Kier molecular flexibility index (Phi) is 4.03. The summed E-state index contributed by atoms with van der Waals surface area (Å²) in [5.41, 5.74) is 6.89. The molecule has 0 bridgehead atoms. The molecular weight excluding hydrogens is 174 g/mol. The molecule has 0 heterocycles. The van der Waals surface area contributed by atoms with Crippen LogP contribution in [0.2, 0.25) is 0 Å². The number of hydrogen-bond donors (Lipinski definition) is 1. The number of terminal acetylenes is 1. The second-order valence-corrected chi connectivity index (χ2v) is 3.02. The van der Waals surface area contributed by atoms with Crippen molar-refractivity contribution in [2.45, 2.75) is 19.4 Å². The minimum Gasteiger partial charge on any atom is -0.494 e. The SMILES string of the molecule is C#CCC(N)c1cccc(OCC)c1. The monoisotopic (exact) mass is 189 g/mol. The summed E-state index contributed by atoms with van der Waals surface area (Å²) in [6.45, 7) is 2.61. The maximum atomic E-state index is 5.87. The van der Waals surface area contributed by atoms with Crippen molar-refractivity contribution in [3.8, 4) is 18.1 Å². The van der Waals surface area contributed by atoms with E-state index in [1.54, 1.807) is 0 Å². The first-order valence-corrected chi connectivity index (χ1v) is 4.69. The summed E-state index contributed by atoms with van der Waals surface area (Å²) in [5.74, 6) is 3.40. The third kappa shape index (κ3) is 2.79. The maximum absolute atomic E-state index is 5.87. The summed E-state index contributed by atoms with van der Waals surface area (Å²) in [6, 6.07) is 7.64. The first-order valence-electron chi connectivity index (χ1n) is 4.69. The van der Waals surface area contributed by atoms with Gasteiger partial charge < -0.3 is 10.5 Å². The minimum absolute atomic E-state index is 0.0968. The van der Waals surface area contributed by atoms with Crippen LogP contribution in [0.4, 0.5) is 0 Å². The third-order valence-corrected chi connectivity index (χ3v) is 1.94. The molecule has 0 aliphatic rings. The van der Waals surface area contributed by atoms with Gasteiger partial charge in [0, 0.05) is 12.5 Å². The summed E-state index contributed by atoms with van der Waals surface area (Å²) in [6.07, 6.45) is 5.75. The fourth-order valence-electron chi connectivity index (χ4n) is 1.25. The average molecular weight is 189 g/mol. The molecule has 0 saturated heterocycles. The molecule has 2 nitrogen and oxygen atoms in total. The Morgan fingerprint density at radius 2 is 2.36 bits per heavy atom. The Labute approximate surface area is 85.1 Å². The average Bonchev–Trinajstić information content (AvgIpc) is 2.19. The van der Waals surface area contributed by atoms with Gasteiger partial charge in [0.1, 0.15) is 5.75 Å². The van der Waals surface area contributed by atoms with Crippen molar-refractivity contribution in [2.75, 3.05) is 6.61 Å². The molecule has 2 N–H and O–H groups in total. The van der Waals surface area contributed by atoms with Gasteiger partial charge in [-0.1, -0.05) is 12.1 Å². The molecule has 0 aliphatic carbocycles. The summed E-state index contributed by atoms with van der Waals surface area (Å²) in [4.78, 5) is 0. The molecule has 1 rings (SSSR count). The minimum atomic E-state index is -0.0968. The Bertz CT molecular complexity index is 327. The van der Waals surface area contributed by atoms with E-state index < -0.39 is 0 Å². The predicted molar refractivity (Wildman–Crippen MR) is 58.0 cm³/mol. The highest BCUT2D eigenvalue weighted by Crippen LogP contribution is 2.19. The molecule has 1 unspecified atom stereocenters. The summed E-state index contributed by atoms with van der Waals surface area (Å²) in [5, 5.41) is 0. The van der Waals surface area contributed by atoms with Gasteiger partial charge in [-0.15, -0.1) is 12.3 Å². The van der Waals surface area contributed by atoms with Crippen molar-refractivity contribution >= 4 is 0 Å². The predicted octanol–water partition coefficient (Wildman–Crippen LogP) is 2.11. The van der Waals surface area contributed by atoms with Gasteiger partial charge in [0.25, 0.3) is 0 Å². The molecule has 0 radical (unpaired) electrons. The summed E-state index contributed by atoms with van der Waals surface area (Å²) < 4.78 is 5.37. The fourth-order valence-corrected chi connectivity index (χ4v) is 1.25. The van der Waals surface area contributed by atoms with E-state index >= 15 is 0 Å². The van der Waals surface area contributed by atoms with Gasteiger partial charge in [0.15, 0.2) is 0 Å². The summed E-state index contributed by atoms with van der Waals surface area (Å²) in [7, 11) is 0. The Hall–Kier alpha value is -1.46. The van der Waals surface area contributed by atoms with Crippen LogP contribution >= 0.6 is 0 Å². The van der Waals surface area contributed by atoms with Crippen molar-refractivity contribution in [3.05, 3.63) is 29.8 Å². The van der Waals surface area contributed by atoms with E-state index in [4.69, 9.17) is 16.9 Å². The van der Waals surface area contributed by atoms with Crippen molar-refractivity contribution in [1.82, 2.24) is 0 Å². The fraction of sp³-hybridized carbons (Fsp3) is 0.333. The quantitative estimate of drug-likeness (QED) is 0.736. The van der Waals surface area contributed by atoms with Crippen LogP contribution in [0.25, 0.3) is 0 Å². The topological polar surface area (TPSA) is 35.2 Å². The number of hydrogen-bond acceptors (Lipinski definition) is 2. The standard InChI is InChI=1S/C12H15NO/c1-3-6-12(13)10-7-5-8-11(9-10)14-4-2/h1,5,7-9,12H,4,6,13H2,2H3. The molecule has 0 fully saturated rings. The van der Waals surface area contributed by atoms with Crippen molar-refractivity contribution in [1.29, 1.82) is 0 Å². The number of benzene rings is 1. The van der Waals surface area contributed by atoms with Crippen LogP contribution < -0.4 is 10.5 Å². The van der Waals surface area contributed by atoms with Gasteiger partial charge >= 0.3 is 0 Å². The van der Waals surface area contributed by atoms with Gasteiger partial charge in [0.05, 0.1) is 6.61 Å². The Morgan fingerprint density at radius 1 is 1.57 bits per heavy atom. The van der Waals surface area contributed by atoms with E-state index in [-0.39, 0.29) is 6.04 Å². The molecule has 0 aliphatic heterocycles. The highest BCUT2D eigenvalue weighted by atomic mass is 16.5. The lowest BCUT2D eigenvalue weighted by Gasteiger charge is -2.10. The second-order valence-electron chi connectivity index (χ2n) is 3.02. The molecule has 2 heteroatoms. The molecule has 0 aromatic heterocycles. The molecule has 0 saturated carbocycles. The van der Waals surface area contributed by atoms with Crippen molar-refractivity contribution in [2.24, 2.45) is 5.73 Å². The molecular formula is C12H15NO. The van der Waals surface area contributed by atoms with Crippen LogP contribution in [-0.4, -0.2) is 6.61 Å². The van der Waals surface area contributed by atoms with E-state index in [0.717, 1.165) is 11.3 Å². The van der Waals surface area contributed by atoms with Gasteiger partial charge in [0.2, 0.25) is 0 Å². The van der Waals surface area contributed by atoms with Crippen LogP contribution in [0.3, 0.4) is 0 Å². The van der Waals surface area contributed by atoms with Crippen LogP contribution in [-0.2, 0) is 0 Å². The molecule has 1 aromatic rings. The highest BCUT2D eigenvalue weighted by Gasteiger charge is 2.04. The number of rotatable bonds is 4. The van der Waals surface area contributed by atoms with Crippen LogP contribution in [0.1, 0.15) is 24.9 Å². The van der Waals surface area contributed by atoms with Crippen molar-refractivity contribution < 1.29 is 4.74 Å². The zero-order valence-corrected chi connectivity index (χ0v) is 8.36. The maximum Gasteiger partial charge on any atom is 0.119 e. The van der Waals surface area contributed by atoms with Crippen LogP contribution in [0, 0.1) is 12.3 Å². The second kappa shape index (κ2) is 5.31. The molecule has 0 amide bonds. The normalized spacial score (nSPS) is 11.8. The van der Waals surface area contributed by atoms with E-state index in [2.05, 4.69) is 5.92 Å². The van der Waals surface area contributed by atoms with Gasteiger partial charge in [-0.2, -0.15) is 0 Å². The van der Waals surface area contributed by atoms with E-state index in [9.17, 15) is 0 Å². The van der Waals surface area contributed by atoms with Gasteiger partial charge in [-0.05, 0) is 24.6 Å². The van der Waals surface area contributed by atoms with E-state index in [0.29, 0.717) is 13.0 Å². The van der Waals surface area contributed by atoms with E-state index in [1.807, 2.05) is 31.2 Å². The van der Waals surface area contributed by atoms with Gasteiger partial charge in [-0.3, -0.25) is 0 Å². The lowest BCUT2D eigenvalue weighted by Crippen LogP contribution is -2.09. The number of ether oxygens (including phenoxy) is 1. The smallest absolute Gasteiger partial charge is 0.119 e. The Balaban J connectivity index is 2.78. The lowest BCUT2D eigenvalue weighted by molar-refractivity contribution is 0.339. The van der Waals surface area contributed by atoms with Crippen LogP contribution in [0.15, 0.2) is 24.3 Å². The Morgan fingerprint density at radius 3 is 3.00 bits per heavy atom. The lowest BCUT2D eigenvalue weighted by atomic mass is 10.1. The largest absolute Gasteiger partial charge is 0.494 e.